The Bertz CT molecular complexity index is 693. The van der Waals surface area contributed by atoms with Gasteiger partial charge in [-0.2, -0.15) is 0 Å². The number of nitrogens with one attached hydrogen (secondary N) is 1. The molecule has 1 aliphatic carbocycles. The van der Waals surface area contributed by atoms with Crippen LogP contribution in [0.5, 0.6) is 0 Å². The number of amides is 2. The summed E-state index contributed by atoms with van der Waals surface area (Å²) in [6, 6.07) is 6.98. The van der Waals surface area contributed by atoms with Gasteiger partial charge in [0.1, 0.15) is 0 Å². The first kappa shape index (κ1) is 19.4. The van der Waals surface area contributed by atoms with Crippen molar-refractivity contribution in [3.63, 3.8) is 0 Å². The summed E-state index contributed by atoms with van der Waals surface area (Å²) in [4.78, 5) is 38.1. The number of carbonyl (C=O) groups excluding carboxylic acids is 2. The van der Waals surface area contributed by atoms with E-state index in [1.807, 2.05) is 4.90 Å². The van der Waals surface area contributed by atoms with Gasteiger partial charge in [0.2, 0.25) is 5.91 Å². The molecule has 146 valence electrons. The van der Waals surface area contributed by atoms with E-state index in [0.717, 1.165) is 38.8 Å². The number of nitrogens with zero attached hydrogens (tertiary/aromatic N) is 1. The maximum absolute atomic E-state index is 12.6. The number of benzene rings is 1. The fourth-order valence-corrected chi connectivity index (χ4v) is 3.99. The van der Waals surface area contributed by atoms with Gasteiger partial charge < -0.3 is 15.3 Å². The summed E-state index contributed by atoms with van der Waals surface area (Å²) < 4.78 is 0. The summed E-state index contributed by atoms with van der Waals surface area (Å²) in [5, 5.41) is 12.0. The van der Waals surface area contributed by atoms with Crippen molar-refractivity contribution in [3.05, 3.63) is 29.8 Å². The molecular weight excluding hydrogens is 344 g/mol. The number of likely N-dealkylation sites (tertiary alicyclic amines) is 1. The van der Waals surface area contributed by atoms with E-state index in [9.17, 15) is 14.4 Å². The molecule has 2 N–H and O–H groups in total. The highest BCUT2D eigenvalue weighted by Gasteiger charge is 2.31. The van der Waals surface area contributed by atoms with Crippen LogP contribution >= 0.6 is 0 Å². The quantitative estimate of drug-likeness (QED) is 0.848. The monoisotopic (exact) mass is 372 g/mol. The molecule has 0 spiro atoms. The van der Waals surface area contributed by atoms with E-state index in [-0.39, 0.29) is 17.7 Å². The number of hydrogen-bond acceptors (Lipinski definition) is 3. The molecule has 1 aromatic rings. The number of rotatable bonds is 4. The predicted octanol–water partition coefficient (Wildman–Crippen LogP) is 3.39. The second-order valence-electron chi connectivity index (χ2n) is 7.94. The molecule has 27 heavy (non-hydrogen) atoms. The van der Waals surface area contributed by atoms with Crippen molar-refractivity contribution in [3.8, 4) is 0 Å². The fraction of sp³-hybridized carbons (Fsp3) is 0.571. The lowest BCUT2D eigenvalue weighted by atomic mass is 9.81. The van der Waals surface area contributed by atoms with Gasteiger partial charge in [-0.05, 0) is 62.3 Å². The number of carboxylic acid groups (broad SMARTS) is 1. The molecule has 1 saturated heterocycles. The summed E-state index contributed by atoms with van der Waals surface area (Å²) in [6.07, 6.45) is 4.60. The third-order valence-corrected chi connectivity index (χ3v) is 5.86. The second-order valence-corrected chi connectivity index (χ2v) is 7.94. The van der Waals surface area contributed by atoms with Crippen LogP contribution in [0.3, 0.4) is 0 Å². The maximum Gasteiger partial charge on any atom is 0.306 e. The van der Waals surface area contributed by atoms with Gasteiger partial charge in [-0.1, -0.05) is 13.3 Å². The molecule has 1 heterocycles. The molecule has 2 aliphatic rings. The summed E-state index contributed by atoms with van der Waals surface area (Å²) in [5.74, 6) is -0.936. The second kappa shape index (κ2) is 8.55. The van der Waals surface area contributed by atoms with E-state index in [4.69, 9.17) is 5.11 Å². The van der Waals surface area contributed by atoms with Gasteiger partial charge in [0.25, 0.3) is 5.91 Å². The Morgan fingerprint density at radius 1 is 1.00 bits per heavy atom. The Morgan fingerprint density at radius 2 is 1.63 bits per heavy atom. The van der Waals surface area contributed by atoms with Crippen LogP contribution in [0.1, 0.15) is 55.8 Å². The van der Waals surface area contributed by atoms with Crippen LogP contribution in [0.2, 0.25) is 0 Å². The van der Waals surface area contributed by atoms with Gasteiger partial charge in [0.05, 0.1) is 5.92 Å². The molecule has 1 aromatic carbocycles. The average molecular weight is 372 g/mol. The molecule has 6 nitrogen and oxygen atoms in total. The zero-order valence-electron chi connectivity index (χ0n) is 15.8. The lowest BCUT2D eigenvalue weighted by molar-refractivity contribution is -0.143. The van der Waals surface area contributed by atoms with E-state index in [1.165, 1.54) is 0 Å². The van der Waals surface area contributed by atoms with E-state index >= 15 is 0 Å². The first-order valence-corrected chi connectivity index (χ1v) is 9.87. The van der Waals surface area contributed by atoms with Crippen molar-refractivity contribution in [2.24, 2.45) is 17.8 Å². The summed E-state index contributed by atoms with van der Waals surface area (Å²) in [5.41, 5.74) is 1.27. The van der Waals surface area contributed by atoms with Crippen LogP contribution in [0.4, 0.5) is 5.69 Å². The van der Waals surface area contributed by atoms with Gasteiger partial charge in [0.15, 0.2) is 0 Å². The van der Waals surface area contributed by atoms with Crippen molar-refractivity contribution in [1.82, 2.24) is 4.90 Å². The Hall–Kier alpha value is -2.37. The molecule has 2 atom stereocenters. The Labute approximate surface area is 159 Å². The van der Waals surface area contributed by atoms with Gasteiger partial charge in [-0.25, -0.2) is 0 Å². The molecule has 0 radical (unpaired) electrons. The highest BCUT2D eigenvalue weighted by molar-refractivity contribution is 5.96. The molecule has 3 rings (SSSR count). The number of aliphatic carboxylic acids is 1. The molecule has 2 amide bonds. The zero-order valence-corrected chi connectivity index (χ0v) is 15.8. The normalized spacial score (nSPS) is 23.7. The van der Waals surface area contributed by atoms with E-state index < -0.39 is 11.9 Å². The van der Waals surface area contributed by atoms with Crippen molar-refractivity contribution >= 4 is 23.5 Å². The van der Waals surface area contributed by atoms with Gasteiger partial charge >= 0.3 is 5.97 Å². The van der Waals surface area contributed by atoms with Gasteiger partial charge in [-0.15, -0.1) is 0 Å². The Balaban J connectivity index is 1.56. The topological polar surface area (TPSA) is 86.7 Å². The minimum atomic E-state index is -0.817. The van der Waals surface area contributed by atoms with Crippen molar-refractivity contribution in [1.29, 1.82) is 0 Å². The van der Waals surface area contributed by atoms with Gasteiger partial charge in [0, 0.05) is 30.3 Å². The maximum atomic E-state index is 12.6. The van der Waals surface area contributed by atoms with Crippen LogP contribution in [0.25, 0.3) is 0 Å². The fourth-order valence-electron chi connectivity index (χ4n) is 3.99. The smallest absolute Gasteiger partial charge is 0.306 e. The average Bonchev–Trinajstić information content (AvgIpc) is 2.68. The van der Waals surface area contributed by atoms with Crippen molar-refractivity contribution in [2.75, 3.05) is 18.4 Å². The van der Waals surface area contributed by atoms with E-state index in [2.05, 4.69) is 12.2 Å². The minimum Gasteiger partial charge on any atom is -0.481 e. The van der Waals surface area contributed by atoms with E-state index in [1.54, 1.807) is 24.3 Å². The lowest BCUT2D eigenvalue weighted by Crippen LogP contribution is -2.37. The zero-order chi connectivity index (χ0) is 19.4. The molecule has 2 unspecified atom stereocenters. The standard InChI is InChI=1S/C21H28N2O4/c1-14-9-11-23(12-10-14)20(25)15-5-7-18(8-6-15)22-19(24)16-3-2-4-17(13-16)21(26)27/h5-8,14,16-17H,2-4,9-13H2,1H3,(H,22,24)(H,26,27). The highest BCUT2D eigenvalue weighted by atomic mass is 16.4. The summed E-state index contributed by atoms with van der Waals surface area (Å²) in [6.45, 7) is 3.81. The Kier molecular flexibility index (Phi) is 6.14. The highest BCUT2D eigenvalue weighted by Crippen LogP contribution is 2.30. The SMILES string of the molecule is CC1CCN(C(=O)c2ccc(NC(=O)C3CCCC(C(=O)O)C3)cc2)CC1. The van der Waals surface area contributed by atoms with E-state index in [0.29, 0.717) is 30.0 Å². The number of carboxylic acids is 1. The largest absolute Gasteiger partial charge is 0.481 e. The minimum absolute atomic E-state index is 0.0383. The summed E-state index contributed by atoms with van der Waals surface area (Å²) >= 11 is 0. The van der Waals surface area contributed by atoms with Crippen LogP contribution in [-0.4, -0.2) is 40.9 Å². The number of carbonyl (C=O) groups is 3. The molecular formula is C21H28N2O4. The lowest BCUT2D eigenvalue weighted by Gasteiger charge is -2.30. The molecule has 1 saturated carbocycles. The predicted molar refractivity (Wildman–Crippen MR) is 102 cm³/mol. The number of anilines is 1. The first-order chi connectivity index (χ1) is 12.9. The molecule has 6 heteroatoms. The number of hydrogen-bond donors (Lipinski definition) is 2. The molecule has 2 fully saturated rings. The third kappa shape index (κ3) is 4.87. The van der Waals surface area contributed by atoms with Crippen LogP contribution in [0.15, 0.2) is 24.3 Å². The molecule has 0 aromatic heterocycles. The van der Waals surface area contributed by atoms with Crippen LogP contribution < -0.4 is 5.32 Å². The molecule has 0 bridgehead atoms. The van der Waals surface area contributed by atoms with Crippen LogP contribution in [-0.2, 0) is 9.59 Å². The summed E-state index contributed by atoms with van der Waals surface area (Å²) in [7, 11) is 0. The number of piperidine rings is 1. The van der Waals surface area contributed by atoms with Crippen molar-refractivity contribution in [2.45, 2.75) is 45.4 Å². The third-order valence-electron chi connectivity index (χ3n) is 5.86. The van der Waals surface area contributed by atoms with Crippen molar-refractivity contribution < 1.29 is 19.5 Å². The molecule has 1 aliphatic heterocycles. The first-order valence-electron chi connectivity index (χ1n) is 9.87. The van der Waals surface area contributed by atoms with Gasteiger partial charge in [-0.3, -0.25) is 14.4 Å². The Morgan fingerprint density at radius 3 is 2.26 bits per heavy atom. The van der Waals surface area contributed by atoms with Crippen LogP contribution in [0, 0.1) is 17.8 Å².